The van der Waals surface area contributed by atoms with Crippen molar-refractivity contribution >= 4 is 0 Å². The summed E-state index contributed by atoms with van der Waals surface area (Å²) in [4.78, 5) is 15.1. The van der Waals surface area contributed by atoms with Crippen LogP contribution in [0.3, 0.4) is 0 Å². The predicted molar refractivity (Wildman–Crippen MR) is 166 cm³/mol. The minimum Gasteiger partial charge on any atom is -0.208 e. The van der Waals surface area contributed by atoms with Crippen LogP contribution < -0.4 is 0 Å². The van der Waals surface area contributed by atoms with Crippen molar-refractivity contribution in [2.75, 3.05) is 0 Å². The van der Waals surface area contributed by atoms with Gasteiger partial charge in [-0.3, -0.25) is 0 Å². The van der Waals surface area contributed by atoms with Crippen LogP contribution in [0.15, 0.2) is 103 Å². The fourth-order valence-electron chi connectivity index (χ4n) is 8.40. The topological polar surface area (TPSA) is 62.5 Å². The molecule has 204 valence electrons. The van der Waals surface area contributed by atoms with E-state index < -0.39 is 0 Å². The maximum atomic E-state index is 9.65. The van der Waals surface area contributed by atoms with E-state index in [1.807, 2.05) is 54.6 Å². The van der Waals surface area contributed by atoms with Crippen molar-refractivity contribution in [3.63, 3.8) is 0 Å². The lowest BCUT2D eigenvalue weighted by Crippen LogP contribution is -2.48. The lowest BCUT2D eigenvalue weighted by molar-refractivity contribution is -0.00515. The average molecular weight is 545 g/mol. The van der Waals surface area contributed by atoms with Gasteiger partial charge in [-0.1, -0.05) is 78.9 Å². The monoisotopic (exact) mass is 544 g/mol. The lowest BCUT2D eigenvalue weighted by Gasteiger charge is -2.57. The smallest absolute Gasteiger partial charge is 0.164 e. The van der Waals surface area contributed by atoms with Crippen LogP contribution in [0, 0.1) is 29.1 Å². The molecule has 4 aromatic carbocycles. The molecule has 0 radical (unpaired) electrons. The molecule has 4 bridgehead atoms. The summed E-state index contributed by atoms with van der Waals surface area (Å²) in [6, 6.07) is 37.6. The zero-order chi connectivity index (χ0) is 28.1. The van der Waals surface area contributed by atoms with Crippen molar-refractivity contribution < 1.29 is 0 Å². The molecule has 4 aliphatic carbocycles. The van der Waals surface area contributed by atoms with Gasteiger partial charge in [0, 0.05) is 16.7 Å². The molecule has 0 N–H and O–H groups in total. The van der Waals surface area contributed by atoms with E-state index in [1.165, 1.54) is 44.1 Å². The largest absolute Gasteiger partial charge is 0.208 e. The summed E-state index contributed by atoms with van der Waals surface area (Å²) in [5, 5.41) is 9.65. The Morgan fingerprint density at radius 3 is 1.57 bits per heavy atom. The molecule has 4 saturated carbocycles. The SMILES string of the molecule is N#Cc1cccc(-c2cc(-c3nc(-c4ccccc4)nc(-c4ccccc4)n3)cc(C34CC5C[C@H](C3)C[C@@H](C5)C4)c2)c1. The Morgan fingerprint density at radius 1 is 0.524 bits per heavy atom. The van der Waals surface area contributed by atoms with Gasteiger partial charge >= 0.3 is 0 Å². The number of aromatic nitrogens is 3. The third-order valence-electron chi connectivity index (χ3n) is 9.87. The van der Waals surface area contributed by atoms with Crippen LogP contribution in [0.4, 0.5) is 0 Å². The normalized spacial score (nSPS) is 23.9. The highest BCUT2D eigenvalue weighted by Crippen LogP contribution is 2.61. The van der Waals surface area contributed by atoms with E-state index in [9.17, 15) is 5.26 Å². The van der Waals surface area contributed by atoms with E-state index in [1.54, 1.807) is 0 Å². The van der Waals surface area contributed by atoms with E-state index in [-0.39, 0.29) is 5.41 Å². The number of rotatable bonds is 5. The quantitative estimate of drug-likeness (QED) is 0.222. The Balaban J connectivity index is 1.34. The minimum absolute atomic E-state index is 0.212. The summed E-state index contributed by atoms with van der Waals surface area (Å²) in [6.45, 7) is 0. The number of benzene rings is 4. The first-order valence-electron chi connectivity index (χ1n) is 15.2. The molecule has 0 spiro atoms. The van der Waals surface area contributed by atoms with Gasteiger partial charge in [-0.2, -0.15) is 5.26 Å². The van der Waals surface area contributed by atoms with Crippen LogP contribution in [0.25, 0.3) is 45.3 Å². The van der Waals surface area contributed by atoms with Gasteiger partial charge in [-0.25, -0.2) is 15.0 Å². The van der Waals surface area contributed by atoms with Crippen LogP contribution in [0.2, 0.25) is 0 Å². The van der Waals surface area contributed by atoms with Crippen molar-refractivity contribution in [3.05, 3.63) is 114 Å². The summed E-state index contributed by atoms with van der Waals surface area (Å²) < 4.78 is 0. The molecule has 0 amide bonds. The molecule has 4 nitrogen and oxygen atoms in total. The standard InChI is InChI=1S/C38H32N4/c39-24-25-8-7-13-31(17-25)32-18-33(20-34(19-32)38-21-26-14-27(22-38)16-28(15-26)23-38)37-41-35(29-9-3-1-4-10-29)40-36(42-37)30-11-5-2-6-12-30/h1-13,17-20,26-28H,14-16,21-23H2/t26-,27+,28?,38?. The highest BCUT2D eigenvalue weighted by atomic mass is 15.0. The van der Waals surface area contributed by atoms with Crippen LogP contribution in [0.1, 0.15) is 49.7 Å². The van der Waals surface area contributed by atoms with Crippen LogP contribution >= 0.6 is 0 Å². The second-order valence-corrected chi connectivity index (χ2v) is 12.7. The molecule has 42 heavy (non-hydrogen) atoms. The van der Waals surface area contributed by atoms with Gasteiger partial charge in [0.25, 0.3) is 0 Å². The summed E-state index contributed by atoms with van der Waals surface area (Å²) in [7, 11) is 0. The summed E-state index contributed by atoms with van der Waals surface area (Å²) in [5.74, 6) is 4.57. The molecule has 5 aromatic rings. The third kappa shape index (κ3) is 4.50. The van der Waals surface area contributed by atoms with Gasteiger partial charge in [0.05, 0.1) is 11.6 Å². The molecule has 9 rings (SSSR count). The number of hydrogen-bond donors (Lipinski definition) is 0. The van der Waals surface area contributed by atoms with E-state index in [0.29, 0.717) is 23.0 Å². The first kappa shape index (κ1) is 25.1. The van der Waals surface area contributed by atoms with Gasteiger partial charge < -0.3 is 0 Å². The van der Waals surface area contributed by atoms with Gasteiger partial charge in [-0.15, -0.1) is 0 Å². The van der Waals surface area contributed by atoms with Gasteiger partial charge in [0.15, 0.2) is 17.5 Å². The van der Waals surface area contributed by atoms with Crippen LogP contribution in [-0.2, 0) is 5.41 Å². The summed E-state index contributed by atoms with van der Waals surface area (Å²) in [6.07, 6.45) is 8.06. The molecule has 4 aliphatic rings. The fourth-order valence-corrected chi connectivity index (χ4v) is 8.40. The second kappa shape index (κ2) is 10.0. The van der Waals surface area contributed by atoms with Crippen molar-refractivity contribution in [1.29, 1.82) is 5.26 Å². The molecule has 0 aliphatic heterocycles. The van der Waals surface area contributed by atoms with E-state index in [4.69, 9.17) is 15.0 Å². The number of hydrogen-bond acceptors (Lipinski definition) is 4. The fraction of sp³-hybridized carbons (Fsp3) is 0.263. The Bertz CT molecular complexity index is 1730. The zero-order valence-electron chi connectivity index (χ0n) is 23.6. The number of nitrogens with zero attached hydrogens (tertiary/aromatic N) is 4. The average Bonchev–Trinajstić information content (AvgIpc) is 3.04. The van der Waals surface area contributed by atoms with Gasteiger partial charge in [0.2, 0.25) is 0 Å². The highest BCUT2D eigenvalue weighted by Gasteiger charge is 2.51. The molecule has 4 fully saturated rings. The lowest BCUT2D eigenvalue weighted by atomic mass is 9.48. The minimum atomic E-state index is 0.212. The molecule has 1 aromatic heterocycles. The van der Waals surface area contributed by atoms with E-state index in [2.05, 4.69) is 54.6 Å². The molecule has 0 atom stereocenters. The summed E-state index contributed by atoms with van der Waals surface area (Å²) in [5.41, 5.74) is 7.43. The zero-order valence-corrected chi connectivity index (χ0v) is 23.6. The Labute approximate surface area is 247 Å². The second-order valence-electron chi connectivity index (χ2n) is 12.7. The Hall–Kier alpha value is -4.62. The third-order valence-corrected chi connectivity index (χ3v) is 9.87. The van der Waals surface area contributed by atoms with Crippen molar-refractivity contribution in [2.45, 2.75) is 43.9 Å². The Kier molecular flexibility index (Phi) is 6.00. The maximum Gasteiger partial charge on any atom is 0.164 e. The van der Waals surface area contributed by atoms with Crippen molar-refractivity contribution in [3.8, 4) is 51.4 Å². The molecule has 4 heteroatoms. The number of nitriles is 1. The summed E-state index contributed by atoms with van der Waals surface area (Å²) >= 11 is 0. The first-order valence-corrected chi connectivity index (χ1v) is 15.2. The van der Waals surface area contributed by atoms with Crippen LogP contribution in [-0.4, -0.2) is 15.0 Å². The highest BCUT2D eigenvalue weighted by molar-refractivity contribution is 5.74. The molecule has 0 saturated heterocycles. The van der Waals surface area contributed by atoms with Crippen molar-refractivity contribution in [1.82, 2.24) is 15.0 Å². The molecular weight excluding hydrogens is 512 g/mol. The molecule has 1 heterocycles. The first-order chi connectivity index (χ1) is 20.6. The van der Waals surface area contributed by atoms with Crippen LogP contribution in [0.5, 0.6) is 0 Å². The van der Waals surface area contributed by atoms with E-state index >= 15 is 0 Å². The molecule has 0 unspecified atom stereocenters. The van der Waals surface area contributed by atoms with Gasteiger partial charge in [0.1, 0.15) is 0 Å². The van der Waals surface area contributed by atoms with Gasteiger partial charge in [-0.05, 0) is 103 Å². The van der Waals surface area contributed by atoms with E-state index in [0.717, 1.165) is 45.6 Å². The predicted octanol–water partition coefficient (Wildman–Crippen LogP) is 8.88. The molecular formula is C38H32N4. The van der Waals surface area contributed by atoms with Crippen molar-refractivity contribution in [2.24, 2.45) is 17.8 Å². The maximum absolute atomic E-state index is 9.65. The Morgan fingerprint density at radius 2 is 1.02 bits per heavy atom.